The van der Waals surface area contributed by atoms with E-state index in [1.54, 1.807) is 12.1 Å². The maximum Gasteiger partial charge on any atom is 0.297 e. The highest BCUT2D eigenvalue weighted by atomic mass is 32.2. The Morgan fingerprint density at radius 1 is 1.25 bits per heavy atom. The van der Waals surface area contributed by atoms with E-state index < -0.39 is 22.0 Å². The van der Waals surface area contributed by atoms with Crippen LogP contribution < -0.4 is 15.2 Å². The molecule has 0 radical (unpaired) electrons. The van der Waals surface area contributed by atoms with Crippen LogP contribution in [0.4, 0.5) is 10.1 Å². The second kappa shape index (κ2) is 6.29. The normalized spacial score (nSPS) is 16.8. The summed E-state index contributed by atoms with van der Waals surface area (Å²) in [6, 6.07) is 8.74. The van der Waals surface area contributed by atoms with Crippen molar-refractivity contribution in [2.24, 2.45) is 0 Å². The average molecular weight is 353 g/mol. The zero-order chi connectivity index (χ0) is 17.3. The van der Waals surface area contributed by atoms with Gasteiger partial charge in [0.05, 0.1) is 10.6 Å². The molecule has 2 N–H and O–H groups in total. The molecular weight excluding hydrogens is 337 g/mol. The molecule has 0 aromatic heterocycles. The summed E-state index contributed by atoms with van der Waals surface area (Å²) in [6.07, 6.45) is -0.650. The van der Waals surface area contributed by atoms with Gasteiger partial charge in [-0.05, 0) is 19.1 Å². The Kier molecular flexibility index (Phi) is 4.33. The Bertz CT molecular complexity index is 852. The second-order valence-corrected chi connectivity index (χ2v) is 7.04. The van der Waals surface area contributed by atoms with Crippen LogP contribution in [-0.4, -0.2) is 27.7 Å². The van der Waals surface area contributed by atoms with E-state index in [9.17, 15) is 12.8 Å². The lowest BCUT2D eigenvalue weighted by molar-refractivity contribution is 0.0552. The number of benzene rings is 2. The summed E-state index contributed by atoms with van der Waals surface area (Å²) in [6.45, 7) is 1.67. The first-order valence-corrected chi connectivity index (χ1v) is 8.60. The number of anilines is 1. The highest BCUT2D eigenvalue weighted by Gasteiger charge is 2.25. The minimum Gasteiger partial charge on any atom is -0.486 e. The second-order valence-electron chi connectivity index (χ2n) is 5.42. The molecule has 1 aliphatic heterocycles. The highest BCUT2D eigenvalue weighted by Crippen LogP contribution is 2.35. The van der Waals surface area contributed by atoms with Crippen molar-refractivity contribution in [1.82, 2.24) is 0 Å². The summed E-state index contributed by atoms with van der Waals surface area (Å²) in [5.74, 6) is -0.130. The third-order valence-corrected chi connectivity index (χ3v) is 4.80. The van der Waals surface area contributed by atoms with Crippen molar-refractivity contribution in [3.05, 3.63) is 47.8 Å². The summed E-state index contributed by atoms with van der Waals surface area (Å²) < 4.78 is 53.6. The maximum atomic E-state index is 13.4. The molecule has 128 valence electrons. The first kappa shape index (κ1) is 16.5. The van der Waals surface area contributed by atoms with Crippen molar-refractivity contribution in [2.45, 2.75) is 17.9 Å². The van der Waals surface area contributed by atoms with Gasteiger partial charge < -0.3 is 15.2 Å². The molecule has 0 saturated carbocycles. The molecule has 24 heavy (non-hydrogen) atoms. The minimum absolute atomic E-state index is 0.0414. The number of hydrogen-bond acceptors (Lipinski definition) is 6. The molecule has 0 amide bonds. The van der Waals surface area contributed by atoms with Crippen LogP contribution in [0.5, 0.6) is 11.5 Å². The van der Waals surface area contributed by atoms with Gasteiger partial charge in [0.15, 0.2) is 17.6 Å². The van der Waals surface area contributed by atoms with Crippen molar-refractivity contribution in [3.8, 4) is 11.5 Å². The molecule has 2 aromatic rings. The highest BCUT2D eigenvalue weighted by molar-refractivity contribution is 7.86. The van der Waals surface area contributed by atoms with Gasteiger partial charge in [0.1, 0.15) is 19.0 Å². The number of fused-ring (bicyclic) bond motifs is 1. The van der Waals surface area contributed by atoms with Gasteiger partial charge in [0.2, 0.25) is 0 Å². The third kappa shape index (κ3) is 3.44. The van der Waals surface area contributed by atoms with E-state index in [4.69, 9.17) is 19.4 Å². The summed E-state index contributed by atoms with van der Waals surface area (Å²) >= 11 is 0. The Labute approximate surface area is 139 Å². The Balaban J connectivity index is 1.67. The Hall–Kier alpha value is -2.32. The number of hydrogen-bond donors (Lipinski definition) is 1. The number of nitrogen functional groups attached to an aromatic ring is 1. The number of rotatable bonds is 4. The fourth-order valence-corrected chi connectivity index (χ4v) is 3.11. The van der Waals surface area contributed by atoms with Gasteiger partial charge >= 0.3 is 0 Å². The van der Waals surface area contributed by atoms with Crippen LogP contribution in [-0.2, 0) is 14.3 Å². The fourth-order valence-electron chi connectivity index (χ4n) is 2.17. The van der Waals surface area contributed by atoms with E-state index in [1.807, 2.05) is 6.92 Å². The van der Waals surface area contributed by atoms with Gasteiger partial charge in [-0.2, -0.15) is 8.42 Å². The predicted octanol–water partition coefficient (Wildman–Crippen LogP) is 2.26. The number of halogens is 1. The van der Waals surface area contributed by atoms with Crippen LogP contribution in [0, 0.1) is 12.7 Å². The molecule has 3 rings (SSSR count). The van der Waals surface area contributed by atoms with Crippen molar-refractivity contribution >= 4 is 15.8 Å². The fraction of sp³-hybridized carbons (Fsp3) is 0.250. The van der Waals surface area contributed by atoms with Crippen molar-refractivity contribution in [3.63, 3.8) is 0 Å². The zero-order valence-corrected chi connectivity index (χ0v) is 13.7. The Morgan fingerprint density at radius 2 is 1.96 bits per heavy atom. The van der Waals surface area contributed by atoms with Crippen LogP contribution in [0.3, 0.4) is 0 Å². The lowest BCUT2D eigenvalue weighted by atomic mass is 10.2. The van der Waals surface area contributed by atoms with E-state index in [0.29, 0.717) is 0 Å². The number of ether oxygens (including phenoxy) is 2. The molecule has 1 aliphatic rings. The monoisotopic (exact) mass is 353 g/mol. The number of nitrogens with two attached hydrogens (primary N) is 1. The molecule has 1 atom stereocenters. The predicted molar refractivity (Wildman–Crippen MR) is 85.0 cm³/mol. The van der Waals surface area contributed by atoms with E-state index >= 15 is 0 Å². The smallest absolute Gasteiger partial charge is 0.297 e. The lowest BCUT2D eigenvalue weighted by Crippen LogP contribution is -2.34. The molecule has 1 heterocycles. The lowest BCUT2D eigenvalue weighted by Gasteiger charge is -2.26. The van der Waals surface area contributed by atoms with Crippen LogP contribution in [0.25, 0.3) is 0 Å². The van der Waals surface area contributed by atoms with Crippen molar-refractivity contribution in [2.75, 3.05) is 18.9 Å². The molecule has 8 heteroatoms. The summed E-state index contributed by atoms with van der Waals surface area (Å²) in [5.41, 5.74) is 6.35. The van der Waals surface area contributed by atoms with Crippen molar-refractivity contribution in [1.29, 1.82) is 0 Å². The largest absolute Gasteiger partial charge is 0.486 e. The van der Waals surface area contributed by atoms with Crippen LogP contribution in [0.15, 0.2) is 41.3 Å². The van der Waals surface area contributed by atoms with Gasteiger partial charge in [0, 0.05) is 12.1 Å². The first-order valence-electron chi connectivity index (χ1n) is 7.20. The van der Waals surface area contributed by atoms with Crippen LogP contribution in [0.2, 0.25) is 0 Å². The van der Waals surface area contributed by atoms with Gasteiger partial charge in [-0.3, -0.25) is 4.18 Å². The topological polar surface area (TPSA) is 87.9 Å². The SMILES string of the molecule is Cc1ccc(S(=O)(=O)OCC2COc3cc(F)c(N)cc3O2)cc1. The standard InChI is InChI=1S/C16H16FNO5S/c1-10-2-4-12(5-3-10)24(19,20)22-9-11-8-21-15-6-13(17)14(18)7-16(15)23-11/h2-7,11H,8-9,18H2,1H3. The molecule has 0 bridgehead atoms. The van der Waals surface area contributed by atoms with Crippen LogP contribution >= 0.6 is 0 Å². The van der Waals surface area contributed by atoms with Gasteiger partial charge in [0.25, 0.3) is 10.1 Å². The molecule has 0 spiro atoms. The van der Waals surface area contributed by atoms with Gasteiger partial charge in [-0.15, -0.1) is 0 Å². The molecule has 6 nitrogen and oxygen atoms in total. The minimum atomic E-state index is -3.89. The molecular formula is C16H16FNO5S. The molecule has 2 aromatic carbocycles. The van der Waals surface area contributed by atoms with E-state index in [1.165, 1.54) is 18.2 Å². The van der Waals surface area contributed by atoms with Crippen LogP contribution in [0.1, 0.15) is 5.56 Å². The van der Waals surface area contributed by atoms with E-state index in [-0.39, 0.29) is 35.3 Å². The van der Waals surface area contributed by atoms with E-state index in [0.717, 1.165) is 11.6 Å². The van der Waals surface area contributed by atoms with E-state index in [2.05, 4.69) is 0 Å². The maximum absolute atomic E-state index is 13.4. The Morgan fingerprint density at radius 3 is 2.67 bits per heavy atom. The number of aryl methyl sites for hydroxylation is 1. The first-order chi connectivity index (χ1) is 11.3. The summed E-state index contributed by atoms with van der Waals surface area (Å²) in [4.78, 5) is 0.0662. The van der Waals surface area contributed by atoms with Gasteiger partial charge in [-0.25, -0.2) is 4.39 Å². The molecule has 0 aliphatic carbocycles. The molecule has 1 unspecified atom stereocenters. The summed E-state index contributed by atoms with van der Waals surface area (Å²) in [7, 11) is -3.89. The third-order valence-electron chi connectivity index (χ3n) is 3.50. The molecule has 0 saturated heterocycles. The quantitative estimate of drug-likeness (QED) is 0.670. The van der Waals surface area contributed by atoms with Gasteiger partial charge in [-0.1, -0.05) is 17.7 Å². The summed E-state index contributed by atoms with van der Waals surface area (Å²) in [5, 5.41) is 0. The zero-order valence-electron chi connectivity index (χ0n) is 12.9. The molecule has 0 fully saturated rings. The average Bonchev–Trinajstić information content (AvgIpc) is 2.54. The van der Waals surface area contributed by atoms with Crippen molar-refractivity contribution < 1.29 is 26.5 Å².